The SMILES string of the molecule is C[C@@H]1S[C@@]23OCCCN2C(=O)[C@@]13C. The molecule has 3 fully saturated rings. The first-order valence-corrected chi connectivity index (χ1v) is 5.65. The molecule has 0 unspecified atom stereocenters. The van der Waals surface area contributed by atoms with Crippen molar-refractivity contribution < 1.29 is 9.53 Å². The Morgan fingerprint density at radius 3 is 3.15 bits per heavy atom. The average Bonchev–Trinajstić information content (AvgIpc) is 2.16. The van der Waals surface area contributed by atoms with Crippen LogP contribution in [0.5, 0.6) is 0 Å². The molecule has 3 atom stereocenters. The first kappa shape index (κ1) is 8.12. The topological polar surface area (TPSA) is 29.5 Å². The van der Waals surface area contributed by atoms with Gasteiger partial charge >= 0.3 is 0 Å². The van der Waals surface area contributed by atoms with Crippen LogP contribution in [0.1, 0.15) is 20.3 Å². The van der Waals surface area contributed by atoms with Crippen molar-refractivity contribution >= 4 is 17.7 Å². The number of carbonyl (C=O) groups is 1. The predicted molar refractivity (Wildman–Crippen MR) is 50.2 cm³/mol. The monoisotopic (exact) mass is 199 g/mol. The van der Waals surface area contributed by atoms with Crippen LogP contribution < -0.4 is 0 Å². The maximum absolute atomic E-state index is 11.8. The maximum atomic E-state index is 11.8. The fourth-order valence-electron chi connectivity index (χ4n) is 2.64. The summed E-state index contributed by atoms with van der Waals surface area (Å²) in [5, 5.41) is 0.149. The predicted octanol–water partition coefficient (Wildman–Crippen LogP) is 1.04. The van der Waals surface area contributed by atoms with Crippen LogP contribution in [0.3, 0.4) is 0 Å². The lowest BCUT2D eigenvalue weighted by Crippen LogP contribution is -2.86. The summed E-state index contributed by atoms with van der Waals surface area (Å²) >= 11 is 1.80. The molecular formula is C9H13NO2S. The minimum atomic E-state index is -0.262. The molecule has 3 aliphatic heterocycles. The zero-order valence-electron chi connectivity index (χ0n) is 7.87. The normalized spacial score (nSPS) is 53.2. The van der Waals surface area contributed by atoms with Crippen LogP contribution in [0, 0.1) is 5.41 Å². The van der Waals surface area contributed by atoms with E-state index in [9.17, 15) is 4.79 Å². The third kappa shape index (κ3) is 0.588. The zero-order valence-corrected chi connectivity index (χ0v) is 8.69. The number of thioether (sulfide) groups is 1. The van der Waals surface area contributed by atoms with Gasteiger partial charge in [-0.3, -0.25) is 4.79 Å². The standard InChI is InChI=1S/C9H13NO2S/c1-6-8(2)7(11)10-4-3-5-12-9(8,10)13-6/h6H,3-5H2,1-2H3/t6-,8+,9+/m0/s1. The highest BCUT2D eigenvalue weighted by Crippen LogP contribution is 2.71. The Hall–Kier alpha value is -0.220. The Labute approximate surface area is 81.8 Å². The van der Waals surface area contributed by atoms with Crippen LogP contribution in [0.4, 0.5) is 0 Å². The van der Waals surface area contributed by atoms with Gasteiger partial charge in [0.15, 0.2) is 0 Å². The molecule has 0 N–H and O–H groups in total. The Morgan fingerprint density at radius 1 is 1.69 bits per heavy atom. The van der Waals surface area contributed by atoms with Gasteiger partial charge in [-0.25, -0.2) is 0 Å². The summed E-state index contributed by atoms with van der Waals surface area (Å²) in [5.74, 6) is 0.290. The first-order valence-electron chi connectivity index (χ1n) is 4.77. The Bertz CT molecular complexity index is 291. The van der Waals surface area contributed by atoms with Gasteiger partial charge in [0.25, 0.3) is 0 Å². The molecule has 0 aliphatic carbocycles. The molecule has 3 aliphatic rings. The van der Waals surface area contributed by atoms with Crippen LogP contribution in [0.15, 0.2) is 0 Å². The Morgan fingerprint density at radius 2 is 2.46 bits per heavy atom. The second kappa shape index (κ2) is 2.06. The van der Waals surface area contributed by atoms with Crippen LogP contribution in [-0.4, -0.2) is 34.3 Å². The van der Waals surface area contributed by atoms with Crippen LogP contribution in [-0.2, 0) is 9.53 Å². The molecule has 0 bridgehead atoms. The van der Waals surface area contributed by atoms with Crippen LogP contribution >= 0.6 is 11.8 Å². The molecule has 3 rings (SSSR count). The quantitative estimate of drug-likeness (QED) is 0.546. The van der Waals surface area contributed by atoms with E-state index in [4.69, 9.17) is 4.74 Å². The van der Waals surface area contributed by atoms with Crippen molar-refractivity contribution in [2.75, 3.05) is 13.2 Å². The molecule has 0 aromatic carbocycles. The van der Waals surface area contributed by atoms with Crippen LogP contribution in [0.2, 0.25) is 0 Å². The molecule has 0 aromatic heterocycles. The van der Waals surface area contributed by atoms with E-state index in [0.29, 0.717) is 11.2 Å². The van der Waals surface area contributed by atoms with Gasteiger partial charge in [-0.05, 0) is 13.3 Å². The summed E-state index contributed by atoms with van der Waals surface area (Å²) in [4.78, 5) is 13.7. The number of hydrogen-bond acceptors (Lipinski definition) is 3. The summed E-state index contributed by atoms with van der Waals surface area (Å²) in [6.45, 7) is 5.84. The lowest BCUT2D eigenvalue weighted by Gasteiger charge is -2.73. The van der Waals surface area contributed by atoms with Gasteiger partial charge in [0.05, 0.1) is 6.61 Å². The lowest BCUT2D eigenvalue weighted by molar-refractivity contribution is -0.259. The van der Waals surface area contributed by atoms with E-state index in [0.717, 1.165) is 19.6 Å². The molecule has 1 amide bonds. The van der Waals surface area contributed by atoms with Crippen molar-refractivity contribution in [1.82, 2.24) is 4.90 Å². The van der Waals surface area contributed by atoms with E-state index < -0.39 is 0 Å². The fourth-order valence-corrected chi connectivity index (χ4v) is 4.39. The Balaban J connectivity index is 1.98. The van der Waals surface area contributed by atoms with E-state index in [1.54, 1.807) is 11.8 Å². The van der Waals surface area contributed by atoms with Crippen molar-refractivity contribution in [1.29, 1.82) is 0 Å². The molecule has 0 radical (unpaired) electrons. The molecule has 13 heavy (non-hydrogen) atoms. The number of nitrogens with zero attached hydrogens (tertiary/aromatic N) is 1. The minimum Gasteiger partial charge on any atom is -0.345 e. The van der Waals surface area contributed by atoms with Gasteiger partial charge in [-0.1, -0.05) is 18.7 Å². The third-order valence-electron chi connectivity index (χ3n) is 3.67. The Kier molecular flexibility index (Phi) is 1.29. The highest BCUT2D eigenvalue weighted by Gasteiger charge is 2.80. The number of rotatable bonds is 0. The molecule has 3 saturated heterocycles. The van der Waals surface area contributed by atoms with Crippen LogP contribution in [0.25, 0.3) is 0 Å². The lowest BCUT2D eigenvalue weighted by atomic mass is 9.72. The number of β-lactam (4-membered cyclic amide) rings is 1. The minimum absolute atomic E-state index is 0.224. The van der Waals surface area contributed by atoms with Gasteiger partial charge in [-0.2, -0.15) is 0 Å². The van der Waals surface area contributed by atoms with Crippen molar-refractivity contribution in [2.45, 2.75) is 30.6 Å². The zero-order chi connectivity index (χ0) is 9.27. The van der Waals surface area contributed by atoms with E-state index in [-0.39, 0.29) is 10.5 Å². The van der Waals surface area contributed by atoms with Gasteiger partial charge in [0.1, 0.15) is 5.41 Å². The van der Waals surface area contributed by atoms with Gasteiger partial charge in [0.2, 0.25) is 11.0 Å². The van der Waals surface area contributed by atoms with Crippen molar-refractivity contribution in [3.8, 4) is 0 Å². The summed E-state index contributed by atoms with van der Waals surface area (Å²) in [6.07, 6.45) is 0.985. The van der Waals surface area contributed by atoms with Crippen molar-refractivity contribution in [2.24, 2.45) is 5.41 Å². The van der Waals surface area contributed by atoms with E-state index >= 15 is 0 Å². The molecule has 1 spiro atoms. The summed E-state index contributed by atoms with van der Waals surface area (Å²) in [6, 6.07) is 0. The fraction of sp³-hybridized carbons (Fsp3) is 0.889. The highest BCUT2D eigenvalue weighted by molar-refractivity contribution is 8.02. The summed E-state index contributed by atoms with van der Waals surface area (Å²) < 4.78 is 5.78. The summed E-state index contributed by atoms with van der Waals surface area (Å²) in [5.41, 5.74) is -0.224. The van der Waals surface area contributed by atoms with E-state index in [1.807, 2.05) is 11.8 Å². The molecule has 72 valence electrons. The van der Waals surface area contributed by atoms with Crippen molar-refractivity contribution in [3.05, 3.63) is 0 Å². The first-order chi connectivity index (χ1) is 6.13. The number of carbonyl (C=O) groups excluding carboxylic acids is 1. The van der Waals surface area contributed by atoms with Gasteiger partial charge in [-0.15, -0.1) is 0 Å². The maximum Gasteiger partial charge on any atom is 0.238 e. The molecular weight excluding hydrogens is 186 g/mol. The molecule has 0 saturated carbocycles. The molecule has 3 nitrogen and oxygen atoms in total. The number of ether oxygens (including phenoxy) is 1. The highest BCUT2D eigenvalue weighted by atomic mass is 32.2. The number of hydrogen-bond donors (Lipinski definition) is 0. The van der Waals surface area contributed by atoms with Gasteiger partial charge < -0.3 is 9.64 Å². The van der Waals surface area contributed by atoms with E-state index in [2.05, 4.69) is 6.92 Å². The second-order valence-electron chi connectivity index (χ2n) is 4.20. The summed E-state index contributed by atoms with van der Waals surface area (Å²) in [7, 11) is 0. The average molecular weight is 199 g/mol. The van der Waals surface area contributed by atoms with Gasteiger partial charge in [0, 0.05) is 11.8 Å². The third-order valence-corrected chi connectivity index (χ3v) is 5.58. The van der Waals surface area contributed by atoms with Crippen molar-refractivity contribution in [3.63, 3.8) is 0 Å². The molecule has 0 aromatic rings. The largest absolute Gasteiger partial charge is 0.345 e. The second-order valence-corrected chi connectivity index (χ2v) is 5.70. The number of amides is 1. The van der Waals surface area contributed by atoms with E-state index in [1.165, 1.54) is 0 Å². The molecule has 4 heteroatoms. The molecule has 3 heterocycles. The smallest absolute Gasteiger partial charge is 0.238 e.